The first-order valence-corrected chi connectivity index (χ1v) is 6.64. The van der Waals surface area contributed by atoms with Gasteiger partial charge in [0, 0.05) is 12.8 Å². The third kappa shape index (κ3) is 4.14. The molecule has 1 aromatic heterocycles. The van der Waals surface area contributed by atoms with Crippen molar-refractivity contribution in [2.24, 2.45) is 0 Å². The van der Waals surface area contributed by atoms with Gasteiger partial charge in [-0.25, -0.2) is 4.98 Å². The number of methoxy groups -OCH3 is 1. The molecule has 0 amide bonds. The predicted octanol–water partition coefficient (Wildman–Crippen LogP) is 3.58. The maximum atomic E-state index is 10.8. The van der Waals surface area contributed by atoms with Crippen LogP contribution in [0, 0.1) is 10.1 Å². The van der Waals surface area contributed by atoms with Crippen molar-refractivity contribution in [3.63, 3.8) is 0 Å². The molecule has 110 valence electrons. The van der Waals surface area contributed by atoms with Crippen LogP contribution < -0.4 is 5.32 Å². The van der Waals surface area contributed by atoms with Crippen LogP contribution in [0.3, 0.4) is 0 Å². The number of pyridine rings is 1. The molecule has 0 saturated carbocycles. The molecule has 1 heterocycles. The first kappa shape index (κ1) is 15.2. The van der Waals surface area contributed by atoms with E-state index in [2.05, 4.69) is 10.3 Å². The monoisotopic (exact) mass is 307 g/mol. The van der Waals surface area contributed by atoms with Crippen LogP contribution in [-0.4, -0.2) is 23.6 Å². The van der Waals surface area contributed by atoms with E-state index in [0.717, 1.165) is 17.7 Å². The minimum absolute atomic E-state index is 0.0704. The minimum Gasteiger partial charge on any atom is -0.384 e. The molecule has 1 aromatic carbocycles. The van der Waals surface area contributed by atoms with Gasteiger partial charge in [0.25, 0.3) is 5.69 Å². The van der Waals surface area contributed by atoms with E-state index in [9.17, 15) is 10.1 Å². The molecule has 0 atom stereocenters. The van der Waals surface area contributed by atoms with Crippen molar-refractivity contribution < 1.29 is 9.66 Å². The fourth-order valence-corrected chi connectivity index (χ4v) is 2.07. The SMILES string of the molecule is COCCc1ccccc1Nc1cc([N+](=O)[O-])cc(Cl)n1. The molecular weight excluding hydrogens is 294 g/mol. The zero-order valence-corrected chi connectivity index (χ0v) is 12.1. The molecule has 21 heavy (non-hydrogen) atoms. The standard InChI is InChI=1S/C14H14ClN3O3/c1-21-7-6-10-4-2-3-5-12(10)16-14-9-11(18(19)20)8-13(15)17-14/h2-5,8-9H,6-7H2,1H3,(H,16,17). The summed E-state index contributed by atoms with van der Waals surface area (Å²) < 4.78 is 5.07. The van der Waals surface area contributed by atoms with Gasteiger partial charge in [-0.15, -0.1) is 0 Å². The number of halogens is 1. The van der Waals surface area contributed by atoms with Gasteiger partial charge in [-0.3, -0.25) is 10.1 Å². The maximum absolute atomic E-state index is 10.8. The van der Waals surface area contributed by atoms with Gasteiger partial charge in [0.15, 0.2) is 0 Å². The molecule has 6 nitrogen and oxygen atoms in total. The zero-order chi connectivity index (χ0) is 15.2. The number of ether oxygens (including phenoxy) is 1. The third-order valence-electron chi connectivity index (χ3n) is 2.85. The summed E-state index contributed by atoms with van der Waals surface area (Å²) in [5.74, 6) is 0.332. The Bertz CT molecular complexity index is 649. The normalized spacial score (nSPS) is 10.4. The fraction of sp³-hybridized carbons (Fsp3) is 0.214. The molecule has 0 fully saturated rings. The average Bonchev–Trinajstić information content (AvgIpc) is 2.45. The van der Waals surface area contributed by atoms with E-state index in [1.54, 1.807) is 7.11 Å². The molecule has 0 bridgehead atoms. The topological polar surface area (TPSA) is 77.3 Å². The fourth-order valence-electron chi connectivity index (χ4n) is 1.86. The number of hydrogen-bond acceptors (Lipinski definition) is 5. The summed E-state index contributed by atoms with van der Waals surface area (Å²) in [6.07, 6.45) is 0.725. The number of anilines is 2. The summed E-state index contributed by atoms with van der Waals surface area (Å²) in [7, 11) is 1.64. The minimum atomic E-state index is -0.504. The number of rotatable bonds is 6. The van der Waals surface area contributed by atoms with E-state index >= 15 is 0 Å². The van der Waals surface area contributed by atoms with Gasteiger partial charge in [-0.2, -0.15) is 0 Å². The second kappa shape index (κ2) is 7.01. The number of nitrogens with one attached hydrogen (secondary N) is 1. The maximum Gasteiger partial charge on any atom is 0.276 e. The molecule has 0 aliphatic carbocycles. The Kier molecular flexibility index (Phi) is 5.08. The highest BCUT2D eigenvalue weighted by Crippen LogP contribution is 2.25. The average molecular weight is 308 g/mol. The van der Waals surface area contributed by atoms with Gasteiger partial charge < -0.3 is 10.1 Å². The number of nitrogens with zero attached hydrogens (tertiary/aromatic N) is 2. The van der Waals surface area contributed by atoms with Crippen molar-refractivity contribution in [2.45, 2.75) is 6.42 Å². The van der Waals surface area contributed by atoms with Crippen molar-refractivity contribution in [1.29, 1.82) is 0 Å². The second-order valence-corrected chi connectivity index (χ2v) is 4.70. The van der Waals surface area contributed by atoms with Gasteiger partial charge in [0.1, 0.15) is 11.0 Å². The summed E-state index contributed by atoms with van der Waals surface area (Å²) in [4.78, 5) is 14.4. The number of hydrogen-bond donors (Lipinski definition) is 1. The van der Waals surface area contributed by atoms with Crippen molar-refractivity contribution >= 4 is 28.8 Å². The number of benzene rings is 1. The molecule has 0 aliphatic heterocycles. The number of para-hydroxylation sites is 1. The van der Waals surface area contributed by atoms with Crippen molar-refractivity contribution in [2.75, 3.05) is 19.0 Å². The predicted molar refractivity (Wildman–Crippen MR) is 81.2 cm³/mol. The lowest BCUT2D eigenvalue weighted by Gasteiger charge is -2.11. The van der Waals surface area contributed by atoms with E-state index in [1.807, 2.05) is 24.3 Å². The van der Waals surface area contributed by atoms with E-state index in [1.165, 1.54) is 12.1 Å². The molecule has 0 spiro atoms. The van der Waals surface area contributed by atoms with Crippen LogP contribution in [0.25, 0.3) is 0 Å². The van der Waals surface area contributed by atoms with E-state index in [0.29, 0.717) is 12.4 Å². The quantitative estimate of drug-likeness (QED) is 0.501. The molecule has 2 aromatic rings. The van der Waals surface area contributed by atoms with Gasteiger partial charge >= 0.3 is 0 Å². The van der Waals surface area contributed by atoms with Crippen molar-refractivity contribution in [1.82, 2.24) is 4.98 Å². The number of nitro groups is 1. The van der Waals surface area contributed by atoms with Crippen LogP contribution in [-0.2, 0) is 11.2 Å². The molecule has 2 rings (SSSR count). The highest BCUT2D eigenvalue weighted by Gasteiger charge is 2.11. The van der Waals surface area contributed by atoms with Gasteiger partial charge in [0.2, 0.25) is 0 Å². The summed E-state index contributed by atoms with van der Waals surface area (Å²) in [5.41, 5.74) is 1.74. The van der Waals surface area contributed by atoms with E-state index < -0.39 is 4.92 Å². The summed E-state index contributed by atoms with van der Waals surface area (Å²) >= 11 is 5.81. The molecule has 0 unspecified atom stereocenters. The van der Waals surface area contributed by atoms with Gasteiger partial charge in [0.05, 0.1) is 23.7 Å². The van der Waals surface area contributed by atoms with E-state index in [4.69, 9.17) is 16.3 Å². The Morgan fingerprint density at radius 2 is 2.14 bits per heavy atom. The molecule has 1 N–H and O–H groups in total. The van der Waals surface area contributed by atoms with Crippen LogP contribution in [0.1, 0.15) is 5.56 Å². The Morgan fingerprint density at radius 1 is 1.38 bits per heavy atom. The molecule has 0 aliphatic rings. The first-order chi connectivity index (χ1) is 10.1. The first-order valence-electron chi connectivity index (χ1n) is 6.26. The Balaban J connectivity index is 2.27. The third-order valence-corrected chi connectivity index (χ3v) is 3.04. The summed E-state index contributed by atoms with van der Waals surface area (Å²) in [5, 5.41) is 14.0. The zero-order valence-electron chi connectivity index (χ0n) is 11.4. The Labute approximate surface area is 126 Å². The van der Waals surface area contributed by atoms with Gasteiger partial charge in [-0.05, 0) is 18.1 Å². The second-order valence-electron chi connectivity index (χ2n) is 4.32. The number of aromatic nitrogens is 1. The molecule has 7 heteroatoms. The van der Waals surface area contributed by atoms with Crippen LogP contribution in [0.2, 0.25) is 5.15 Å². The summed E-state index contributed by atoms with van der Waals surface area (Å²) in [6, 6.07) is 10.2. The molecule has 0 radical (unpaired) electrons. The molecule has 0 saturated heterocycles. The van der Waals surface area contributed by atoms with Crippen LogP contribution >= 0.6 is 11.6 Å². The highest BCUT2D eigenvalue weighted by molar-refractivity contribution is 6.29. The Morgan fingerprint density at radius 3 is 2.86 bits per heavy atom. The molecular formula is C14H14ClN3O3. The summed E-state index contributed by atoms with van der Waals surface area (Å²) in [6.45, 7) is 0.585. The highest BCUT2D eigenvalue weighted by atomic mass is 35.5. The van der Waals surface area contributed by atoms with E-state index in [-0.39, 0.29) is 10.8 Å². The van der Waals surface area contributed by atoms with Crippen molar-refractivity contribution in [3.8, 4) is 0 Å². The van der Waals surface area contributed by atoms with Crippen LogP contribution in [0.4, 0.5) is 17.2 Å². The van der Waals surface area contributed by atoms with Gasteiger partial charge in [-0.1, -0.05) is 29.8 Å². The lowest BCUT2D eigenvalue weighted by atomic mass is 10.1. The van der Waals surface area contributed by atoms with Crippen LogP contribution in [0.5, 0.6) is 0 Å². The lowest BCUT2D eigenvalue weighted by molar-refractivity contribution is -0.384. The lowest BCUT2D eigenvalue weighted by Crippen LogP contribution is -2.02. The largest absolute Gasteiger partial charge is 0.384 e. The smallest absolute Gasteiger partial charge is 0.276 e. The Hall–Kier alpha value is -2.18. The van der Waals surface area contributed by atoms with Crippen molar-refractivity contribution in [3.05, 3.63) is 57.2 Å². The van der Waals surface area contributed by atoms with Crippen LogP contribution in [0.15, 0.2) is 36.4 Å².